The second kappa shape index (κ2) is 8.25. The van der Waals surface area contributed by atoms with Gasteiger partial charge in [-0.25, -0.2) is 0 Å². The van der Waals surface area contributed by atoms with Gasteiger partial charge in [-0.05, 0) is 35.8 Å². The monoisotopic (exact) mass is 354 g/mol. The lowest BCUT2D eigenvalue weighted by Crippen LogP contribution is -2.38. The van der Waals surface area contributed by atoms with E-state index in [4.69, 9.17) is 0 Å². The molecule has 0 aliphatic heterocycles. The van der Waals surface area contributed by atoms with Crippen LogP contribution < -0.4 is 16.0 Å². The van der Waals surface area contributed by atoms with Crippen LogP contribution in [-0.2, 0) is 4.79 Å². The lowest BCUT2D eigenvalue weighted by Gasteiger charge is -2.08. The van der Waals surface area contributed by atoms with E-state index in [9.17, 15) is 9.59 Å². The highest BCUT2D eigenvalue weighted by Crippen LogP contribution is 2.25. The number of hydrogen-bond donors (Lipinski definition) is 3. The lowest BCUT2D eigenvalue weighted by atomic mass is 10.2. The van der Waals surface area contributed by atoms with E-state index < -0.39 is 0 Å². The third-order valence-corrected chi connectivity index (χ3v) is 4.39. The molecule has 0 unspecified atom stereocenters. The van der Waals surface area contributed by atoms with Gasteiger partial charge in [-0.3, -0.25) is 9.59 Å². The average molecular weight is 354 g/mol. The van der Waals surface area contributed by atoms with Crippen LogP contribution >= 0.6 is 11.5 Å². The molecule has 0 saturated heterocycles. The summed E-state index contributed by atoms with van der Waals surface area (Å²) < 4.78 is 5.49. The van der Waals surface area contributed by atoms with Gasteiger partial charge in [-0.15, -0.1) is 0 Å². The highest BCUT2D eigenvalue weighted by Gasteiger charge is 2.07. The smallest absolute Gasteiger partial charge is 0.251 e. The van der Waals surface area contributed by atoms with Crippen molar-refractivity contribution < 1.29 is 9.59 Å². The molecule has 1 aromatic heterocycles. The Hall–Kier alpha value is -2.93. The molecule has 3 rings (SSSR count). The summed E-state index contributed by atoms with van der Waals surface area (Å²) in [5, 5.41) is 9.64. The summed E-state index contributed by atoms with van der Waals surface area (Å²) >= 11 is 1.44. The molecule has 7 heteroatoms. The number of fused-ring (bicyclic) bond motifs is 1. The molecule has 1 heterocycles. The zero-order valence-corrected chi connectivity index (χ0v) is 14.3. The lowest BCUT2D eigenvalue weighted by molar-refractivity contribution is -0.120. The number of aromatic nitrogens is 1. The number of nitrogens with zero attached hydrogens (tertiary/aromatic N) is 1. The number of nitrogens with one attached hydrogen (secondary N) is 3. The van der Waals surface area contributed by atoms with Crippen LogP contribution in [0.1, 0.15) is 10.4 Å². The topological polar surface area (TPSA) is 83.1 Å². The minimum Gasteiger partial charge on any atom is -0.367 e. The molecule has 2 amide bonds. The summed E-state index contributed by atoms with van der Waals surface area (Å²) in [6, 6.07) is 16.8. The van der Waals surface area contributed by atoms with Crippen molar-refractivity contribution in [3.8, 4) is 0 Å². The van der Waals surface area contributed by atoms with Gasteiger partial charge in [0, 0.05) is 24.0 Å². The largest absolute Gasteiger partial charge is 0.367 e. The molecule has 0 aliphatic carbocycles. The number of amides is 2. The molecule has 6 nitrogen and oxygen atoms in total. The Labute approximate surface area is 149 Å². The normalized spacial score (nSPS) is 10.4. The van der Waals surface area contributed by atoms with Crippen molar-refractivity contribution in [2.45, 2.75) is 0 Å². The second-order valence-corrected chi connectivity index (χ2v) is 6.16. The summed E-state index contributed by atoms with van der Waals surface area (Å²) in [5.74, 6) is 0.337. The van der Waals surface area contributed by atoms with Crippen molar-refractivity contribution in [1.82, 2.24) is 15.0 Å². The van der Waals surface area contributed by atoms with Crippen LogP contribution in [-0.4, -0.2) is 35.8 Å². The predicted molar refractivity (Wildman–Crippen MR) is 99.9 cm³/mol. The van der Waals surface area contributed by atoms with E-state index in [1.807, 2.05) is 30.3 Å². The fourth-order valence-corrected chi connectivity index (χ4v) is 3.07. The zero-order valence-electron chi connectivity index (χ0n) is 13.5. The molecule has 25 heavy (non-hydrogen) atoms. The van der Waals surface area contributed by atoms with Gasteiger partial charge < -0.3 is 16.0 Å². The molecule has 128 valence electrons. The number of benzene rings is 2. The molecule has 0 saturated carbocycles. The number of rotatable bonds is 7. The van der Waals surface area contributed by atoms with Crippen molar-refractivity contribution in [2.24, 2.45) is 0 Å². The quantitative estimate of drug-likeness (QED) is 0.568. The summed E-state index contributed by atoms with van der Waals surface area (Å²) in [7, 11) is 0. The summed E-state index contributed by atoms with van der Waals surface area (Å²) in [6.45, 7) is 0.964. The Bertz CT molecular complexity index is 864. The van der Waals surface area contributed by atoms with Gasteiger partial charge in [0.2, 0.25) is 5.91 Å². The molecule has 0 aliphatic rings. The van der Waals surface area contributed by atoms with E-state index in [-0.39, 0.29) is 18.4 Å². The van der Waals surface area contributed by atoms with Crippen molar-refractivity contribution in [3.63, 3.8) is 0 Å². The van der Waals surface area contributed by atoms with Gasteiger partial charge in [-0.2, -0.15) is 4.37 Å². The fourth-order valence-electron chi connectivity index (χ4n) is 2.31. The van der Waals surface area contributed by atoms with Crippen LogP contribution in [0.3, 0.4) is 0 Å². The number of anilines is 1. The van der Waals surface area contributed by atoms with E-state index in [0.29, 0.717) is 18.7 Å². The molecular formula is C18H18N4O2S. The van der Waals surface area contributed by atoms with Crippen LogP contribution in [0.4, 0.5) is 5.82 Å². The van der Waals surface area contributed by atoms with Gasteiger partial charge in [0.1, 0.15) is 5.82 Å². The Morgan fingerprint density at radius 2 is 1.68 bits per heavy atom. The van der Waals surface area contributed by atoms with Gasteiger partial charge >= 0.3 is 0 Å². The summed E-state index contributed by atoms with van der Waals surface area (Å²) in [5.41, 5.74) is 0.535. The van der Waals surface area contributed by atoms with E-state index in [1.54, 1.807) is 24.3 Å². The Balaban J connectivity index is 1.37. The zero-order chi connectivity index (χ0) is 17.5. The first-order valence-electron chi connectivity index (χ1n) is 7.92. The molecule has 0 spiro atoms. The van der Waals surface area contributed by atoms with Crippen molar-refractivity contribution in [2.75, 3.05) is 25.0 Å². The maximum atomic E-state index is 11.8. The van der Waals surface area contributed by atoms with Crippen molar-refractivity contribution in [1.29, 1.82) is 0 Å². The standard InChI is InChI=1S/C18H18N4O2S/c23-16(12-21-18(24)13-6-2-1-3-7-13)19-10-11-20-17-14-8-4-5-9-15(14)25-22-17/h1-9H,10-12H2,(H,19,23)(H,20,22)(H,21,24). The first kappa shape index (κ1) is 16.9. The van der Waals surface area contributed by atoms with Crippen LogP contribution in [0.2, 0.25) is 0 Å². The molecule has 0 atom stereocenters. The number of carbonyl (C=O) groups is 2. The fraction of sp³-hybridized carbons (Fsp3) is 0.167. The van der Waals surface area contributed by atoms with Gasteiger partial charge in [0.05, 0.1) is 11.2 Å². The van der Waals surface area contributed by atoms with Crippen LogP contribution in [0, 0.1) is 0 Å². The first-order chi connectivity index (χ1) is 12.2. The number of hydrogen-bond acceptors (Lipinski definition) is 5. The minimum atomic E-state index is -0.261. The third-order valence-electron chi connectivity index (χ3n) is 3.56. The maximum absolute atomic E-state index is 11.8. The summed E-state index contributed by atoms with van der Waals surface area (Å²) in [4.78, 5) is 23.6. The van der Waals surface area contributed by atoms with E-state index in [2.05, 4.69) is 20.3 Å². The Kier molecular flexibility index (Phi) is 5.58. The van der Waals surface area contributed by atoms with Gasteiger partial charge in [-0.1, -0.05) is 30.3 Å². The number of carbonyl (C=O) groups excluding carboxylic acids is 2. The average Bonchev–Trinajstić information content (AvgIpc) is 3.07. The van der Waals surface area contributed by atoms with Crippen LogP contribution in [0.25, 0.3) is 10.1 Å². The molecule has 3 N–H and O–H groups in total. The predicted octanol–water partition coefficient (Wildman–Crippen LogP) is 2.25. The Morgan fingerprint density at radius 1 is 0.920 bits per heavy atom. The second-order valence-electron chi connectivity index (χ2n) is 5.35. The van der Waals surface area contributed by atoms with E-state index >= 15 is 0 Å². The summed E-state index contributed by atoms with van der Waals surface area (Å²) in [6.07, 6.45) is 0. The highest BCUT2D eigenvalue weighted by atomic mass is 32.1. The molecule has 2 aromatic carbocycles. The van der Waals surface area contributed by atoms with Gasteiger partial charge in [0.15, 0.2) is 0 Å². The highest BCUT2D eigenvalue weighted by molar-refractivity contribution is 7.13. The third kappa shape index (κ3) is 4.54. The SMILES string of the molecule is O=C(CNC(=O)c1ccccc1)NCCNc1nsc2ccccc12. The maximum Gasteiger partial charge on any atom is 0.251 e. The molecule has 0 bridgehead atoms. The van der Waals surface area contributed by atoms with Crippen molar-refractivity contribution in [3.05, 3.63) is 60.2 Å². The molecule has 0 fully saturated rings. The Morgan fingerprint density at radius 3 is 2.52 bits per heavy atom. The van der Waals surface area contributed by atoms with Gasteiger partial charge in [0.25, 0.3) is 5.91 Å². The molecule has 3 aromatic rings. The van der Waals surface area contributed by atoms with Crippen molar-refractivity contribution >= 4 is 39.3 Å². The minimum absolute atomic E-state index is 0.0483. The van der Waals surface area contributed by atoms with E-state index in [0.717, 1.165) is 15.9 Å². The molecular weight excluding hydrogens is 336 g/mol. The van der Waals surface area contributed by atoms with Crippen LogP contribution in [0.5, 0.6) is 0 Å². The molecule has 0 radical (unpaired) electrons. The van der Waals surface area contributed by atoms with Crippen LogP contribution in [0.15, 0.2) is 54.6 Å². The van der Waals surface area contributed by atoms with E-state index in [1.165, 1.54) is 11.5 Å². The first-order valence-corrected chi connectivity index (χ1v) is 8.69.